The van der Waals surface area contributed by atoms with E-state index >= 15 is 0 Å². The summed E-state index contributed by atoms with van der Waals surface area (Å²) in [5.41, 5.74) is 5.06. The van der Waals surface area contributed by atoms with Crippen LogP contribution in [-0.4, -0.2) is 19.2 Å². The van der Waals surface area contributed by atoms with Crippen LogP contribution in [0.2, 0.25) is 0 Å². The maximum absolute atomic E-state index is 13.2. The van der Waals surface area contributed by atoms with Gasteiger partial charge in [0.15, 0.2) is 0 Å². The molecule has 1 heterocycles. The molecular formula is C12H14FNO3. The summed E-state index contributed by atoms with van der Waals surface area (Å²) >= 11 is 0. The minimum absolute atomic E-state index is 0.225. The standard InChI is InChI=1S/C12H14FNO3/c1-7-6-12(14,11(15)16-2)9-5-8(13)3-4-10(9)17-7/h3-5,7H,6,14H2,1-2H3. The van der Waals surface area contributed by atoms with Gasteiger partial charge in [-0.25, -0.2) is 9.18 Å². The highest BCUT2D eigenvalue weighted by atomic mass is 19.1. The van der Waals surface area contributed by atoms with E-state index in [4.69, 9.17) is 15.2 Å². The number of hydrogen-bond donors (Lipinski definition) is 1. The van der Waals surface area contributed by atoms with Gasteiger partial charge in [-0.05, 0) is 25.1 Å². The first-order chi connectivity index (χ1) is 7.97. The van der Waals surface area contributed by atoms with Crippen LogP contribution in [0.15, 0.2) is 18.2 Å². The second kappa shape index (κ2) is 4.00. The molecule has 0 fully saturated rings. The maximum Gasteiger partial charge on any atom is 0.330 e. The number of rotatable bonds is 1. The third-order valence-corrected chi connectivity index (χ3v) is 2.91. The number of benzene rings is 1. The van der Waals surface area contributed by atoms with Crippen LogP contribution in [0.25, 0.3) is 0 Å². The van der Waals surface area contributed by atoms with Gasteiger partial charge in [-0.1, -0.05) is 0 Å². The summed E-state index contributed by atoms with van der Waals surface area (Å²) in [6, 6.07) is 3.97. The SMILES string of the molecule is COC(=O)C1(N)CC(C)Oc2ccc(F)cc21. The summed E-state index contributed by atoms with van der Waals surface area (Å²) < 4.78 is 23.5. The lowest BCUT2D eigenvalue weighted by Crippen LogP contribution is -2.51. The van der Waals surface area contributed by atoms with Crippen molar-refractivity contribution in [2.45, 2.75) is 25.0 Å². The second-order valence-corrected chi connectivity index (χ2v) is 4.24. The predicted molar refractivity (Wildman–Crippen MR) is 59.0 cm³/mol. The fraction of sp³-hybridized carbons (Fsp3) is 0.417. The van der Waals surface area contributed by atoms with Crippen molar-refractivity contribution in [1.82, 2.24) is 0 Å². The molecule has 2 atom stereocenters. The van der Waals surface area contributed by atoms with Crippen molar-refractivity contribution in [2.75, 3.05) is 7.11 Å². The number of hydrogen-bond acceptors (Lipinski definition) is 4. The fourth-order valence-electron chi connectivity index (χ4n) is 2.15. The van der Waals surface area contributed by atoms with Crippen molar-refractivity contribution >= 4 is 5.97 Å². The molecule has 0 saturated heterocycles. The number of halogens is 1. The molecule has 0 aromatic heterocycles. The van der Waals surface area contributed by atoms with Crippen molar-refractivity contribution in [3.8, 4) is 5.75 Å². The molecule has 5 heteroatoms. The Hall–Kier alpha value is -1.62. The molecule has 0 spiro atoms. The Bertz CT molecular complexity index is 463. The molecule has 1 aromatic rings. The van der Waals surface area contributed by atoms with E-state index in [0.717, 1.165) is 0 Å². The average molecular weight is 239 g/mol. The van der Waals surface area contributed by atoms with Crippen molar-refractivity contribution in [3.63, 3.8) is 0 Å². The summed E-state index contributed by atoms with van der Waals surface area (Å²) in [5, 5.41) is 0. The number of ether oxygens (including phenoxy) is 2. The Labute approximate surface area is 98.5 Å². The Kier molecular flexibility index (Phi) is 2.79. The predicted octanol–water partition coefficient (Wildman–Crippen LogP) is 1.32. The molecule has 0 bridgehead atoms. The van der Waals surface area contributed by atoms with Crippen LogP contribution in [0.1, 0.15) is 18.9 Å². The molecule has 1 aromatic carbocycles. The van der Waals surface area contributed by atoms with Gasteiger partial charge in [0, 0.05) is 12.0 Å². The van der Waals surface area contributed by atoms with E-state index in [-0.39, 0.29) is 12.5 Å². The van der Waals surface area contributed by atoms with Crippen LogP contribution in [0, 0.1) is 5.82 Å². The van der Waals surface area contributed by atoms with Crippen molar-refractivity contribution in [1.29, 1.82) is 0 Å². The monoisotopic (exact) mass is 239 g/mol. The highest BCUT2D eigenvalue weighted by Gasteiger charge is 2.44. The molecule has 92 valence electrons. The van der Waals surface area contributed by atoms with Gasteiger partial charge in [-0.2, -0.15) is 0 Å². The highest BCUT2D eigenvalue weighted by molar-refractivity contribution is 5.83. The van der Waals surface area contributed by atoms with Gasteiger partial charge < -0.3 is 15.2 Å². The number of carbonyl (C=O) groups excluding carboxylic acids is 1. The van der Waals surface area contributed by atoms with E-state index in [1.807, 2.05) is 0 Å². The lowest BCUT2D eigenvalue weighted by atomic mass is 9.83. The van der Waals surface area contributed by atoms with Gasteiger partial charge in [-0.3, -0.25) is 0 Å². The van der Waals surface area contributed by atoms with Gasteiger partial charge in [0.2, 0.25) is 0 Å². The molecule has 0 radical (unpaired) electrons. The molecule has 1 aliphatic heterocycles. The van der Waals surface area contributed by atoms with Crippen LogP contribution < -0.4 is 10.5 Å². The average Bonchev–Trinajstić information content (AvgIpc) is 2.29. The summed E-state index contributed by atoms with van der Waals surface area (Å²) in [5.74, 6) is -0.613. The molecule has 1 aliphatic rings. The van der Waals surface area contributed by atoms with E-state index in [1.54, 1.807) is 6.92 Å². The van der Waals surface area contributed by atoms with Gasteiger partial charge in [0.25, 0.3) is 0 Å². The van der Waals surface area contributed by atoms with Crippen LogP contribution >= 0.6 is 0 Å². The van der Waals surface area contributed by atoms with Crippen LogP contribution in [0.4, 0.5) is 4.39 Å². The van der Waals surface area contributed by atoms with Crippen molar-refractivity contribution < 1.29 is 18.7 Å². The number of nitrogens with two attached hydrogens (primary N) is 1. The third kappa shape index (κ3) is 1.86. The number of carbonyl (C=O) groups is 1. The van der Waals surface area contributed by atoms with Crippen molar-refractivity contribution in [3.05, 3.63) is 29.6 Å². The maximum atomic E-state index is 13.2. The first-order valence-electron chi connectivity index (χ1n) is 5.31. The normalized spacial score (nSPS) is 26.9. The zero-order valence-corrected chi connectivity index (χ0v) is 9.70. The zero-order chi connectivity index (χ0) is 12.6. The van der Waals surface area contributed by atoms with Gasteiger partial charge in [0.1, 0.15) is 17.1 Å². The number of methoxy groups -OCH3 is 1. The van der Waals surface area contributed by atoms with E-state index in [0.29, 0.717) is 11.3 Å². The number of fused-ring (bicyclic) bond motifs is 1. The van der Waals surface area contributed by atoms with Crippen molar-refractivity contribution in [2.24, 2.45) is 5.73 Å². The van der Waals surface area contributed by atoms with E-state index < -0.39 is 17.3 Å². The fourth-order valence-corrected chi connectivity index (χ4v) is 2.15. The molecule has 2 rings (SSSR count). The van der Waals surface area contributed by atoms with E-state index in [9.17, 15) is 9.18 Å². The van der Waals surface area contributed by atoms with Crippen LogP contribution in [0.3, 0.4) is 0 Å². The van der Waals surface area contributed by atoms with E-state index in [1.165, 1.54) is 25.3 Å². The molecular weight excluding hydrogens is 225 g/mol. The minimum atomic E-state index is -1.34. The molecule has 4 nitrogen and oxygen atoms in total. The number of esters is 1. The van der Waals surface area contributed by atoms with Gasteiger partial charge >= 0.3 is 5.97 Å². The summed E-state index contributed by atoms with van der Waals surface area (Å²) in [6.45, 7) is 1.80. The smallest absolute Gasteiger partial charge is 0.330 e. The lowest BCUT2D eigenvalue weighted by Gasteiger charge is -2.36. The van der Waals surface area contributed by atoms with Gasteiger partial charge in [0.05, 0.1) is 13.2 Å². The zero-order valence-electron chi connectivity index (χ0n) is 9.70. The highest BCUT2D eigenvalue weighted by Crippen LogP contribution is 2.38. The molecule has 0 amide bonds. The quantitative estimate of drug-likeness (QED) is 0.751. The molecule has 17 heavy (non-hydrogen) atoms. The molecule has 0 saturated carbocycles. The summed E-state index contributed by atoms with van der Waals surface area (Å²) in [7, 11) is 1.26. The first-order valence-corrected chi connectivity index (χ1v) is 5.31. The second-order valence-electron chi connectivity index (χ2n) is 4.24. The molecule has 2 unspecified atom stereocenters. The molecule has 2 N–H and O–H groups in total. The Morgan fingerprint density at radius 1 is 1.65 bits per heavy atom. The summed E-state index contributed by atoms with van der Waals surface area (Å²) in [6.07, 6.45) is 0.0351. The lowest BCUT2D eigenvalue weighted by molar-refractivity contribution is -0.149. The van der Waals surface area contributed by atoms with Crippen LogP contribution in [-0.2, 0) is 15.1 Å². The van der Waals surface area contributed by atoms with Gasteiger partial charge in [-0.15, -0.1) is 0 Å². The minimum Gasteiger partial charge on any atom is -0.490 e. The third-order valence-electron chi connectivity index (χ3n) is 2.91. The Morgan fingerprint density at radius 2 is 2.35 bits per heavy atom. The van der Waals surface area contributed by atoms with E-state index in [2.05, 4.69) is 0 Å². The Morgan fingerprint density at radius 3 is 3.00 bits per heavy atom. The topological polar surface area (TPSA) is 61.5 Å². The van der Waals surface area contributed by atoms with Crippen LogP contribution in [0.5, 0.6) is 5.75 Å². The largest absolute Gasteiger partial charge is 0.490 e. The first kappa shape index (κ1) is 11.9. The molecule has 0 aliphatic carbocycles. The summed E-state index contributed by atoms with van der Waals surface area (Å²) in [4.78, 5) is 11.8. The Balaban J connectivity index is 2.56.